The maximum Gasteiger partial charge on any atom is 0.0775 e. The summed E-state index contributed by atoms with van der Waals surface area (Å²) in [7, 11) is -4.48. The Labute approximate surface area is 383 Å². The lowest BCUT2D eigenvalue weighted by molar-refractivity contribution is 1.57. The van der Waals surface area contributed by atoms with Crippen molar-refractivity contribution in [3.63, 3.8) is 0 Å². The highest BCUT2D eigenvalue weighted by molar-refractivity contribution is 6.89. The molecule has 0 aliphatic carbocycles. The van der Waals surface area contributed by atoms with Crippen molar-refractivity contribution in [2.24, 2.45) is 0 Å². The van der Waals surface area contributed by atoms with E-state index in [0.717, 1.165) is 0 Å². The van der Waals surface area contributed by atoms with Gasteiger partial charge in [0.25, 0.3) is 0 Å². The first-order valence-corrected chi connectivity index (χ1v) is 33.5. The van der Waals surface area contributed by atoms with Gasteiger partial charge < -0.3 is 0 Å². The van der Waals surface area contributed by atoms with E-state index in [-0.39, 0.29) is 0 Å². The topological polar surface area (TPSA) is 0 Å². The molecule has 0 aromatic heterocycles. The highest BCUT2D eigenvalue weighted by Crippen LogP contribution is 2.49. The predicted molar refractivity (Wildman–Crippen MR) is 292 cm³/mol. The fraction of sp³-hybridized carbons (Fsp3) is 0.148. The summed E-state index contributed by atoms with van der Waals surface area (Å²) in [5, 5.41) is 12.3. The van der Waals surface area contributed by atoms with Crippen LogP contribution in [-0.2, 0) is 0 Å². The molecular weight excluding hydrogens is 817 g/mol. The Morgan fingerprint density at radius 3 is 0.766 bits per heavy atom. The number of hydrogen-bond acceptors (Lipinski definition) is 0. The van der Waals surface area contributed by atoms with Crippen LogP contribution < -0.4 is 15.6 Å². The lowest BCUT2D eigenvalue weighted by atomic mass is 9.81. The van der Waals surface area contributed by atoms with Crippen LogP contribution in [-0.4, -0.2) is 24.2 Å². The summed E-state index contributed by atoms with van der Waals surface area (Å²) in [5.74, 6) is 0. The predicted octanol–water partition coefficient (Wildman–Crippen LogP) is 16.2. The van der Waals surface area contributed by atoms with Crippen LogP contribution in [0.1, 0.15) is 0 Å². The summed E-state index contributed by atoms with van der Waals surface area (Å²) in [4.78, 5) is 0. The van der Waals surface area contributed by atoms with Crippen LogP contribution in [0, 0.1) is 0 Å². The van der Waals surface area contributed by atoms with Crippen LogP contribution in [0.2, 0.25) is 58.9 Å². The van der Waals surface area contributed by atoms with E-state index in [1.54, 1.807) is 0 Å². The third-order valence-electron chi connectivity index (χ3n) is 13.5. The Hall–Kier alpha value is -6.11. The molecule has 0 radical (unpaired) electrons. The van der Waals surface area contributed by atoms with Crippen molar-refractivity contribution in [1.82, 2.24) is 0 Å². The average molecular weight is 875 g/mol. The zero-order valence-corrected chi connectivity index (χ0v) is 41.9. The molecule has 0 unspecified atom stereocenters. The van der Waals surface area contributed by atoms with Gasteiger partial charge in [-0.2, -0.15) is 0 Å². The second-order valence-corrected chi connectivity index (χ2v) is 36.3. The Kier molecular flexibility index (Phi) is 10.4. The first-order chi connectivity index (χ1) is 30.6. The molecule has 10 rings (SSSR count). The minimum atomic E-state index is -1.51. The molecule has 10 aromatic rings. The van der Waals surface area contributed by atoms with Crippen molar-refractivity contribution in [2.45, 2.75) is 58.9 Å². The zero-order chi connectivity index (χ0) is 44.5. The molecule has 314 valence electrons. The molecule has 0 spiro atoms. The van der Waals surface area contributed by atoms with Crippen molar-refractivity contribution in [2.75, 3.05) is 0 Å². The summed E-state index contributed by atoms with van der Waals surface area (Å²) in [5.41, 5.74) is 15.0. The van der Waals surface area contributed by atoms with Crippen LogP contribution >= 0.6 is 0 Å². The normalized spacial score (nSPS) is 12.5. The van der Waals surface area contributed by atoms with Crippen LogP contribution in [0.25, 0.3) is 99.1 Å². The van der Waals surface area contributed by atoms with Gasteiger partial charge in [0.15, 0.2) is 0 Å². The van der Waals surface area contributed by atoms with E-state index in [4.69, 9.17) is 0 Å². The van der Waals surface area contributed by atoms with Gasteiger partial charge in [-0.05, 0) is 129 Å². The molecule has 0 amide bonds. The first kappa shape index (κ1) is 41.9. The van der Waals surface area contributed by atoms with Crippen molar-refractivity contribution >= 4 is 72.1 Å². The quantitative estimate of drug-likeness (QED) is 0.100. The molecular formula is C61H58Si3. The number of rotatable bonds is 9. The van der Waals surface area contributed by atoms with Gasteiger partial charge in [0, 0.05) is 0 Å². The van der Waals surface area contributed by atoms with Gasteiger partial charge in [0.2, 0.25) is 0 Å². The molecule has 0 heterocycles. The van der Waals surface area contributed by atoms with Gasteiger partial charge in [-0.1, -0.05) is 232 Å². The van der Waals surface area contributed by atoms with Crippen molar-refractivity contribution in [3.05, 3.63) is 188 Å². The summed E-state index contributed by atoms with van der Waals surface area (Å²) in [6, 6.07) is 72.3. The van der Waals surface area contributed by atoms with E-state index in [1.807, 2.05) is 0 Å². The first-order valence-electron chi connectivity index (χ1n) is 23.0. The highest BCUT2D eigenvalue weighted by atomic mass is 28.3. The van der Waals surface area contributed by atoms with E-state index in [0.29, 0.717) is 0 Å². The molecule has 0 saturated carbocycles. The second-order valence-electron chi connectivity index (χ2n) is 21.0. The molecule has 0 N–H and O–H groups in total. The summed E-state index contributed by atoms with van der Waals surface area (Å²) in [6.45, 7) is 21.9. The van der Waals surface area contributed by atoms with Gasteiger partial charge in [-0.15, -0.1) is 0 Å². The van der Waals surface area contributed by atoms with Crippen molar-refractivity contribution in [3.8, 4) is 66.8 Å². The van der Waals surface area contributed by atoms with E-state index in [1.165, 1.54) is 115 Å². The molecule has 0 saturated heterocycles. The molecule has 0 fully saturated rings. The maximum absolute atomic E-state index is 2.50. The van der Waals surface area contributed by atoms with Gasteiger partial charge in [-0.25, -0.2) is 0 Å². The van der Waals surface area contributed by atoms with E-state index < -0.39 is 24.2 Å². The summed E-state index contributed by atoms with van der Waals surface area (Å²) >= 11 is 0. The van der Waals surface area contributed by atoms with Crippen molar-refractivity contribution < 1.29 is 0 Å². The molecule has 0 aliphatic rings. The van der Waals surface area contributed by atoms with Gasteiger partial charge >= 0.3 is 0 Å². The molecule has 0 aliphatic heterocycles. The highest BCUT2D eigenvalue weighted by Gasteiger charge is 2.24. The SMILES string of the molecule is C[Si](C)(C)c1ccc(-c2cc(-c3ccc([Si](C)(C)C)cc3)c3ccc4c(-c5cc(-c6ccccc6)cc(-c6ccccc6)c5)cc(-c5ccc([Si](C)(C)C)cc5)c5ccc2c3c54)cc1. The summed E-state index contributed by atoms with van der Waals surface area (Å²) in [6.07, 6.45) is 0. The van der Waals surface area contributed by atoms with E-state index >= 15 is 0 Å². The molecule has 3 heteroatoms. The fourth-order valence-corrected chi connectivity index (χ4v) is 13.3. The fourth-order valence-electron chi connectivity index (χ4n) is 9.78. The zero-order valence-electron chi connectivity index (χ0n) is 38.9. The van der Waals surface area contributed by atoms with Crippen LogP contribution in [0.5, 0.6) is 0 Å². The Balaban J connectivity index is 1.33. The smallest absolute Gasteiger partial charge is 0.0656 e. The van der Waals surface area contributed by atoms with Crippen LogP contribution in [0.4, 0.5) is 0 Å². The number of benzene rings is 10. The molecule has 0 atom stereocenters. The Morgan fingerprint density at radius 2 is 0.484 bits per heavy atom. The minimum absolute atomic E-state index is 1.22. The third kappa shape index (κ3) is 7.70. The van der Waals surface area contributed by atoms with Gasteiger partial charge in [0.1, 0.15) is 0 Å². The lowest BCUT2D eigenvalue weighted by Gasteiger charge is -2.23. The summed E-state index contributed by atoms with van der Waals surface area (Å²) < 4.78 is 0. The molecule has 64 heavy (non-hydrogen) atoms. The molecule has 0 nitrogen and oxygen atoms in total. The Bertz CT molecular complexity index is 3170. The Morgan fingerprint density at radius 1 is 0.219 bits per heavy atom. The van der Waals surface area contributed by atoms with Crippen molar-refractivity contribution in [1.29, 1.82) is 0 Å². The van der Waals surface area contributed by atoms with Crippen LogP contribution in [0.3, 0.4) is 0 Å². The second kappa shape index (κ2) is 15.8. The van der Waals surface area contributed by atoms with Gasteiger partial charge in [0.05, 0.1) is 24.2 Å². The van der Waals surface area contributed by atoms with Crippen LogP contribution in [0.15, 0.2) is 188 Å². The molecule has 0 bridgehead atoms. The van der Waals surface area contributed by atoms with E-state index in [2.05, 4.69) is 247 Å². The van der Waals surface area contributed by atoms with Gasteiger partial charge in [-0.3, -0.25) is 0 Å². The maximum atomic E-state index is 2.50. The molecule has 10 aromatic carbocycles. The largest absolute Gasteiger partial charge is 0.0775 e. The lowest BCUT2D eigenvalue weighted by Crippen LogP contribution is -2.37. The number of hydrogen-bond donors (Lipinski definition) is 0. The average Bonchev–Trinajstić information content (AvgIpc) is 3.30. The minimum Gasteiger partial charge on any atom is -0.0656 e. The van der Waals surface area contributed by atoms with E-state index in [9.17, 15) is 0 Å². The standard InChI is InChI=1S/C61H58Si3/c1-62(2,3)49-26-20-43(21-27-49)56-39-57(44-22-28-50(29-23-44)63(4,5)6)53-34-35-55-59(48-37-46(41-16-12-10-13-17-41)36-47(38-48)42-18-14-11-15-19-42)40-58(54-33-32-52(56)60(53)61(54)55)45-24-30-51(31-25-45)64(7,8)9/h10-40H,1-9H3. The third-order valence-corrected chi connectivity index (χ3v) is 19.7. The monoisotopic (exact) mass is 874 g/mol.